The predicted octanol–water partition coefficient (Wildman–Crippen LogP) is 1.84. The Kier molecular flexibility index (Phi) is 6.79. The molecule has 5 heteroatoms. The molecule has 0 fully saturated rings. The van der Waals surface area contributed by atoms with Crippen LogP contribution in [-0.4, -0.2) is 35.8 Å². The lowest BCUT2D eigenvalue weighted by molar-refractivity contribution is -0.144. The Morgan fingerprint density at radius 3 is 2.67 bits per heavy atom. The van der Waals surface area contributed by atoms with Gasteiger partial charge in [-0.05, 0) is 36.9 Å². The molecule has 0 spiro atoms. The molecule has 24 heavy (non-hydrogen) atoms. The van der Waals surface area contributed by atoms with Crippen molar-refractivity contribution in [2.24, 2.45) is 11.7 Å². The average Bonchev–Trinajstić information content (AvgIpc) is 2.62. The molecule has 132 valence electrons. The van der Waals surface area contributed by atoms with Gasteiger partial charge in [-0.25, -0.2) is 0 Å². The average molecular weight is 331 g/mol. The van der Waals surface area contributed by atoms with Gasteiger partial charge >= 0.3 is 0 Å². The van der Waals surface area contributed by atoms with E-state index in [0.717, 1.165) is 30.4 Å². The Balaban J connectivity index is 2.14. The van der Waals surface area contributed by atoms with Gasteiger partial charge in [0, 0.05) is 25.4 Å². The van der Waals surface area contributed by atoms with Gasteiger partial charge in [-0.3, -0.25) is 9.59 Å². The van der Waals surface area contributed by atoms with Crippen molar-refractivity contribution in [1.82, 2.24) is 10.2 Å². The molecule has 1 aromatic carbocycles. The summed E-state index contributed by atoms with van der Waals surface area (Å²) in [4.78, 5) is 27.2. The second-order valence-electron chi connectivity index (χ2n) is 6.55. The number of benzene rings is 1. The molecule has 3 N–H and O–H groups in total. The van der Waals surface area contributed by atoms with Crippen LogP contribution in [0.2, 0.25) is 0 Å². The van der Waals surface area contributed by atoms with Crippen LogP contribution in [0.5, 0.6) is 0 Å². The summed E-state index contributed by atoms with van der Waals surface area (Å²) >= 11 is 0. The van der Waals surface area contributed by atoms with Gasteiger partial charge < -0.3 is 16.0 Å². The molecular weight excluding hydrogens is 302 g/mol. The van der Waals surface area contributed by atoms with Gasteiger partial charge in [0.1, 0.15) is 6.04 Å². The van der Waals surface area contributed by atoms with E-state index in [4.69, 9.17) is 5.73 Å². The highest BCUT2D eigenvalue weighted by Crippen LogP contribution is 2.25. The van der Waals surface area contributed by atoms with Gasteiger partial charge in [-0.2, -0.15) is 0 Å². The van der Waals surface area contributed by atoms with E-state index in [0.29, 0.717) is 26.1 Å². The Hall–Kier alpha value is -1.88. The van der Waals surface area contributed by atoms with E-state index in [2.05, 4.69) is 11.4 Å². The molecule has 2 amide bonds. The third-order valence-corrected chi connectivity index (χ3v) is 4.80. The van der Waals surface area contributed by atoms with Gasteiger partial charge in [-0.1, -0.05) is 38.1 Å². The standard InChI is InChI=1S/C19H29N3O2/c1-3-14(2)19(24)22-13-16-9-5-4-8-15(16)12-17(22)18(23)21-11-7-6-10-20/h4-5,8-9,14,17H,3,6-7,10-13,20H2,1-2H3,(H,21,23). The lowest BCUT2D eigenvalue weighted by Gasteiger charge is -2.37. The summed E-state index contributed by atoms with van der Waals surface area (Å²) in [6, 6.07) is 7.65. The Morgan fingerprint density at radius 1 is 1.29 bits per heavy atom. The first-order valence-corrected chi connectivity index (χ1v) is 8.93. The molecule has 0 aliphatic carbocycles. The van der Waals surface area contributed by atoms with Crippen molar-refractivity contribution in [3.05, 3.63) is 35.4 Å². The molecule has 2 atom stereocenters. The monoisotopic (exact) mass is 331 g/mol. The first-order valence-electron chi connectivity index (χ1n) is 8.93. The van der Waals surface area contributed by atoms with Crippen LogP contribution in [0.15, 0.2) is 24.3 Å². The van der Waals surface area contributed by atoms with Crippen LogP contribution in [0.3, 0.4) is 0 Å². The third kappa shape index (κ3) is 4.35. The highest BCUT2D eigenvalue weighted by molar-refractivity contribution is 5.89. The number of carbonyl (C=O) groups is 2. The zero-order chi connectivity index (χ0) is 17.5. The van der Waals surface area contributed by atoms with Gasteiger partial charge in [0.15, 0.2) is 0 Å². The molecule has 0 bridgehead atoms. The maximum absolute atomic E-state index is 12.8. The number of nitrogens with zero attached hydrogens (tertiary/aromatic N) is 1. The Bertz CT molecular complexity index is 573. The van der Waals surface area contributed by atoms with E-state index >= 15 is 0 Å². The largest absolute Gasteiger partial charge is 0.354 e. The van der Waals surface area contributed by atoms with E-state index in [1.807, 2.05) is 32.0 Å². The van der Waals surface area contributed by atoms with Crippen molar-refractivity contribution in [2.75, 3.05) is 13.1 Å². The number of fused-ring (bicyclic) bond motifs is 1. The summed E-state index contributed by atoms with van der Waals surface area (Å²) in [6.07, 6.45) is 3.12. The molecule has 1 aromatic rings. The molecule has 5 nitrogen and oxygen atoms in total. The minimum atomic E-state index is -0.417. The van der Waals surface area contributed by atoms with Crippen LogP contribution in [0, 0.1) is 5.92 Å². The quantitative estimate of drug-likeness (QED) is 0.749. The smallest absolute Gasteiger partial charge is 0.243 e. The van der Waals surface area contributed by atoms with Crippen molar-refractivity contribution in [3.8, 4) is 0 Å². The molecule has 1 aliphatic heterocycles. The maximum atomic E-state index is 12.8. The second kappa shape index (κ2) is 8.83. The number of unbranched alkanes of at least 4 members (excludes halogenated alkanes) is 1. The first kappa shape index (κ1) is 18.5. The Morgan fingerprint density at radius 2 is 2.00 bits per heavy atom. The summed E-state index contributed by atoms with van der Waals surface area (Å²) in [6.45, 7) is 5.69. The maximum Gasteiger partial charge on any atom is 0.243 e. The topological polar surface area (TPSA) is 75.4 Å². The highest BCUT2D eigenvalue weighted by Gasteiger charge is 2.35. The zero-order valence-electron chi connectivity index (χ0n) is 14.8. The van der Waals surface area contributed by atoms with E-state index in [1.54, 1.807) is 4.90 Å². The third-order valence-electron chi connectivity index (χ3n) is 4.80. The minimum absolute atomic E-state index is 0.0572. The van der Waals surface area contributed by atoms with Crippen LogP contribution < -0.4 is 11.1 Å². The number of hydrogen-bond acceptors (Lipinski definition) is 3. The van der Waals surface area contributed by atoms with Crippen molar-refractivity contribution >= 4 is 11.8 Å². The molecule has 1 heterocycles. The fourth-order valence-electron chi connectivity index (χ4n) is 3.05. The van der Waals surface area contributed by atoms with Crippen LogP contribution in [0.4, 0.5) is 0 Å². The molecule has 0 saturated heterocycles. The second-order valence-corrected chi connectivity index (χ2v) is 6.55. The van der Waals surface area contributed by atoms with E-state index < -0.39 is 6.04 Å². The summed E-state index contributed by atoms with van der Waals surface area (Å²) in [5, 5.41) is 2.97. The number of nitrogens with two attached hydrogens (primary N) is 1. The van der Waals surface area contributed by atoms with Crippen LogP contribution in [0.1, 0.15) is 44.2 Å². The highest BCUT2D eigenvalue weighted by atomic mass is 16.2. The summed E-state index contributed by atoms with van der Waals surface area (Å²) in [7, 11) is 0. The van der Waals surface area contributed by atoms with Crippen molar-refractivity contribution < 1.29 is 9.59 Å². The van der Waals surface area contributed by atoms with E-state index in [-0.39, 0.29) is 17.7 Å². The fourth-order valence-corrected chi connectivity index (χ4v) is 3.05. The van der Waals surface area contributed by atoms with Crippen LogP contribution in [-0.2, 0) is 22.6 Å². The number of amides is 2. The van der Waals surface area contributed by atoms with Crippen molar-refractivity contribution in [2.45, 2.75) is 52.1 Å². The van der Waals surface area contributed by atoms with E-state index in [1.165, 1.54) is 0 Å². The number of rotatable bonds is 7. The van der Waals surface area contributed by atoms with Crippen molar-refractivity contribution in [1.29, 1.82) is 0 Å². The van der Waals surface area contributed by atoms with E-state index in [9.17, 15) is 9.59 Å². The number of nitrogens with one attached hydrogen (secondary N) is 1. The van der Waals surface area contributed by atoms with Gasteiger partial charge in [-0.15, -0.1) is 0 Å². The molecular formula is C19H29N3O2. The van der Waals surface area contributed by atoms with Gasteiger partial charge in [0.05, 0.1) is 0 Å². The summed E-state index contributed by atoms with van der Waals surface area (Å²) < 4.78 is 0. The lowest BCUT2D eigenvalue weighted by Crippen LogP contribution is -2.53. The summed E-state index contributed by atoms with van der Waals surface area (Å²) in [5.74, 6) is -0.0601. The van der Waals surface area contributed by atoms with Crippen LogP contribution >= 0.6 is 0 Å². The molecule has 0 radical (unpaired) electrons. The molecule has 0 aromatic heterocycles. The lowest BCUT2D eigenvalue weighted by atomic mass is 9.92. The Labute approximate surface area is 144 Å². The minimum Gasteiger partial charge on any atom is -0.354 e. The van der Waals surface area contributed by atoms with Crippen LogP contribution in [0.25, 0.3) is 0 Å². The van der Waals surface area contributed by atoms with Gasteiger partial charge in [0.2, 0.25) is 11.8 Å². The van der Waals surface area contributed by atoms with Gasteiger partial charge in [0.25, 0.3) is 0 Å². The predicted molar refractivity (Wildman–Crippen MR) is 95.2 cm³/mol. The SMILES string of the molecule is CCC(C)C(=O)N1Cc2ccccc2CC1C(=O)NCCCCN. The number of hydrogen-bond donors (Lipinski definition) is 2. The fraction of sp³-hybridized carbons (Fsp3) is 0.579. The first-order chi connectivity index (χ1) is 11.6. The molecule has 1 aliphatic rings. The zero-order valence-corrected chi connectivity index (χ0v) is 14.8. The van der Waals surface area contributed by atoms with Crippen molar-refractivity contribution in [3.63, 3.8) is 0 Å². The molecule has 2 rings (SSSR count). The summed E-state index contributed by atoms with van der Waals surface area (Å²) in [5.41, 5.74) is 7.79. The molecule has 2 unspecified atom stereocenters. The number of carbonyl (C=O) groups excluding carboxylic acids is 2. The normalized spacial score (nSPS) is 18.0. The molecule has 0 saturated carbocycles.